The van der Waals surface area contributed by atoms with Crippen LogP contribution in [0.2, 0.25) is 0 Å². The fraction of sp³-hybridized carbons (Fsp3) is 0.200. The number of methoxy groups -OCH3 is 2. The lowest BCUT2D eigenvalue weighted by molar-refractivity contribution is -0.132. The standard InChI is InChI=1S/C25H21FN2O6S/c1-12-8-9-15(11-17(12)26)20(29)18-19(14-6-5-7-16(10-14)33-3)28(23(31)21(18)30)25-27-13(2)22(35-25)24(32)34-4/h5-11,19,29H,1-4H3/t19-/m1/s1. The van der Waals surface area contributed by atoms with E-state index in [4.69, 9.17) is 9.47 Å². The van der Waals surface area contributed by atoms with E-state index in [9.17, 15) is 23.9 Å². The van der Waals surface area contributed by atoms with Crippen molar-refractivity contribution in [2.75, 3.05) is 19.1 Å². The lowest BCUT2D eigenvalue weighted by atomic mass is 9.95. The van der Waals surface area contributed by atoms with E-state index in [0.29, 0.717) is 22.6 Å². The molecule has 2 aromatic carbocycles. The molecule has 0 spiro atoms. The highest BCUT2D eigenvalue weighted by atomic mass is 32.1. The third-order valence-electron chi connectivity index (χ3n) is 5.66. The molecule has 0 unspecified atom stereocenters. The van der Waals surface area contributed by atoms with E-state index < -0.39 is 35.3 Å². The number of Topliss-reactive ketones (excluding diaryl/α,β-unsaturated/α-hetero) is 1. The highest BCUT2D eigenvalue weighted by Gasteiger charge is 2.48. The SMILES string of the molecule is COC(=O)c1sc(N2C(=O)C(=O)C(=C(O)c3ccc(C)c(F)c3)[C@H]2c2cccc(OC)c2)nc1C. The molecular weight excluding hydrogens is 475 g/mol. The zero-order chi connectivity index (χ0) is 25.4. The Labute approximate surface area is 204 Å². The summed E-state index contributed by atoms with van der Waals surface area (Å²) in [7, 11) is 2.70. The van der Waals surface area contributed by atoms with Gasteiger partial charge in [-0.05, 0) is 43.2 Å². The largest absolute Gasteiger partial charge is 0.507 e. The number of aromatic nitrogens is 1. The van der Waals surface area contributed by atoms with Crippen LogP contribution in [-0.2, 0) is 14.3 Å². The number of hydrogen-bond donors (Lipinski definition) is 1. The van der Waals surface area contributed by atoms with Crippen LogP contribution >= 0.6 is 11.3 Å². The highest BCUT2D eigenvalue weighted by Crippen LogP contribution is 2.44. The Kier molecular flexibility index (Phi) is 6.40. The summed E-state index contributed by atoms with van der Waals surface area (Å²) < 4.78 is 24.3. The maximum atomic E-state index is 14.3. The van der Waals surface area contributed by atoms with Gasteiger partial charge in [-0.3, -0.25) is 14.5 Å². The molecule has 2 heterocycles. The van der Waals surface area contributed by atoms with Gasteiger partial charge >= 0.3 is 11.9 Å². The number of halogens is 1. The summed E-state index contributed by atoms with van der Waals surface area (Å²) in [6.45, 7) is 3.15. The molecule has 180 valence electrons. The summed E-state index contributed by atoms with van der Waals surface area (Å²) in [4.78, 5) is 44.2. The maximum Gasteiger partial charge on any atom is 0.350 e. The minimum atomic E-state index is -1.11. The molecule has 1 aliphatic heterocycles. The molecular formula is C25H21FN2O6S. The minimum Gasteiger partial charge on any atom is -0.507 e. The Hall–Kier alpha value is -4.05. The molecule has 35 heavy (non-hydrogen) atoms. The molecule has 1 atom stereocenters. The smallest absolute Gasteiger partial charge is 0.350 e. The first kappa shape index (κ1) is 24.1. The number of esters is 1. The Morgan fingerprint density at radius 2 is 1.89 bits per heavy atom. The van der Waals surface area contributed by atoms with Crippen LogP contribution in [0, 0.1) is 19.7 Å². The van der Waals surface area contributed by atoms with Crippen LogP contribution in [0.3, 0.4) is 0 Å². The van der Waals surface area contributed by atoms with Crippen molar-refractivity contribution in [1.29, 1.82) is 0 Å². The van der Waals surface area contributed by atoms with E-state index >= 15 is 0 Å². The van der Waals surface area contributed by atoms with Gasteiger partial charge in [0, 0.05) is 5.56 Å². The third-order valence-corrected chi connectivity index (χ3v) is 6.80. The number of aliphatic hydroxyl groups excluding tert-OH is 1. The van der Waals surface area contributed by atoms with Gasteiger partial charge in [0.05, 0.1) is 31.5 Å². The van der Waals surface area contributed by atoms with E-state index in [-0.39, 0.29) is 21.1 Å². The van der Waals surface area contributed by atoms with Crippen molar-refractivity contribution < 1.29 is 33.4 Å². The first-order valence-corrected chi connectivity index (χ1v) is 11.3. The van der Waals surface area contributed by atoms with E-state index in [2.05, 4.69) is 4.98 Å². The number of nitrogens with zero attached hydrogens (tertiary/aromatic N) is 2. The van der Waals surface area contributed by atoms with Crippen molar-refractivity contribution in [2.45, 2.75) is 19.9 Å². The molecule has 0 radical (unpaired) electrons. The molecule has 1 aliphatic rings. The van der Waals surface area contributed by atoms with Gasteiger partial charge in [-0.15, -0.1) is 0 Å². The van der Waals surface area contributed by atoms with Crippen LogP contribution in [0.15, 0.2) is 48.0 Å². The number of ether oxygens (including phenoxy) is 2. The number of benzene rings is 2. The van der Waals surface area contributed by atoms with Crippen molar-refractivity contribution in [3.63, 3.8) is 0 Å². The molecule has 0 saturated carbocycles. The van der Waals surface area contributed by atoms with E-state index in [1.54, 1.807) is 38.1 Å². The van der Waals surface area contributed by atoms with Gasteiger partial charge in [0.25, 0.3) is 5.78 Å². The van der Waals surface area contributed by atoms with Crippen LogP contribution in [0.1, 0.15) is 38.1 Å². The number of rotatable bonds is 5. The summed E-state index contributed by atoms with van der Waals surface area (Å²) in [5, 5.41) is 11.2. The normalized spacial score (nSPS) is 17.1. The molecule has 4 rings (SSSR count). The fourth-order valence-electron chi connectivity index (χ4n) is 3.82. The predicted octanol–water partition coefficient (Wildman–Crippen LogP) is 4.32. The van der Waals surface area contributed by atoms with E-state index in [1.807, 2.05) is 0 Å². The molecule has 0 bridgehead atoms. The average molecular weight is 497 g/mol. The molecule has 1 N–H and O–H groups in total. The highest BCUT2D eigenvalue weighted by molar-refractivity contribution is 7.17. The van der Waals surface area contributed by atoms with Gasteiger partial charge < -0.3 is 14.6 Å². The van der Waals surface area contributed by atoms with Crippen molar-refractivity contribution in [3.05, 3.63) is 81.1 Å². The maximum absolute atomic E-state index is 14.3. The van der Waals surface area contributed by atoms with Crippen molar-refractivity contribution in [2.24, 2.45) is 0 Å². The molecule has 0 aliphatic carbocycles. The Morgan fingerprint density at radius 1 is 1.14 bits per heavy atom. The van der Waals surface area contributed by atoms with Crippen LogP contribution < -0.4 is 9.64 Å². The molecule has 1 amide bonds. The quantitative estimate of drug-likeness (QED) is 0.243. The van der Waals surface area contributed by atoms with Gasteiger partial charge in [-0.2, -0.15) is 0 Å². The number of carbonyl (C=O) groups excluding carboxylic acids is 3. The number of anilines is 1. The number of carbonyl (C=O) groups is 3. The second-order valence-corrected chi connectivity index (χ2v) is 8.79. The summed E-state index contributed by atoms with van der Waals surface area (Å²) in [6.07, 6.45) is 0. The second kappa shape index (κ2) is 9.30. The minimum absolute atomic E-state index is 0.0459. The van der Waals surface area contributed by atoms with E-state index in [0.717, 1.165) is 22.3 Å². The predicted molar refractivity (Wildman–Crippen MR) is 127 cm³/mol. The Bertz CT molecular complexity index is 1400. The number of amides is 1. The molecule has 1 saturated heterocycles. The van der Waals surface area contributed by atoms with Crippen molar-refractivity contribution in [1.82, 2.24) is 4.98 Å². The third kappa shape index (κ3) is 4.17. The Morgan fingerprint density at radius 3 is 2.54 bits per heavy atom. The summed E-state index contributed by atoms with van der Waals surface area (Å²) in [5.74, 6) is -3.18. The average Bonchev–Trinajstić information content (AvgIpc) is 3.36. The van der Waals surface area contributed by atoms with Gasteiger partial charge in [0.2, 0.25) is 0 Å². The Balaban J connectivity index is 1.96. The topological polar surface area (TPSA) is 106 Å². The van der Waals surface area contributed by atoms with Crippen LogP contribution in [-0.4, -0.2) is 42.0 Å². The van der Waals surface area contributed by atoms with Crippen LogP contribution in [0.5, 0.6) is 5.75 Å². The van der Waals surface area contributed by atoms with Crippen LogP contribution in [0.25, 0.3) is 5.76 Å². The number of ketones is 1. The lowest BCUT2D eigenvalue weighted by Gasteiger charge is -2.23. The number of aryl methyl sites for hydroxylation is 2. The molecule has 10 heteroatoms. The molecule has 8 nitrogen and oxygen atoms in total. The zero-order valence-electron chi connectivity index (χ0n) is 19.3. The van der Waals surface area contributed by atoms with Gasteiger partial charge in [-0.1, -0.05) is 35.6 Å². The van der Waals surface area contributed by atoms with E-state index in [1.165, 1.54) is 26.4 Å². The number of thiazole rings is 1. The monoisotopic (exact) mass is 496 g/mol. The van der Waals surface area contributed by atoms with Gasteiger partial charge in [0.15, 0.2) is 5.13 Å². The van der Waals surface area contributed by atoms with Gasteiger partial charge in [-0.25, -0.2) is 14.2 Å². The number of aliphatic hydroxyl groups is 1. The van der Waals surface area contributed by atoms with Crippen molar-refractivity contribution in [3.8, 4) is 5.75 Å². The molecule has 1 fully saturated rings. The zero-order valence-corrected chi connectivity index (χ0v) is 20.1. The second-order valence-electron chi connectivity index (χ2n) is 7.81. The summed E-state index contributed by atoms with van der Waals surface area (Å²) in [6, 6.07) is 9.57. The van der Waals surface area contributed by atoms with Crippen LogP contribution in [0.4, 0.5) is 9.52 Å². The fourth-order valence-corrected chi connectivity index (χ4v) is 4.83. The first-order valence-electron chi connectivity index (χ1n) is 10.4. The van der Waals surface area contributed by atoms with Crippen molar-refractivity contribution >= 4 is 39.9 Å². The number of hydrogen-bond acceptors (Lipinski definition) is 8. The van der Waals surface area contributed by atoms with Gasteiger partial charge in [0.1, 0.15) is 22.2 Å². The first-order chi connectivity index (χ1) is 16.7. The molecule has 3 aromatic rings. The lowest BCUT2D eigenvalue weighted by Crippen LogP contribution is -2.29. The summed E-state index contributed by atoms with van der Waals surface area (Å²) >= 11 is 0.889. The summed E-state index contributed by atoms with van der Waals surface area (Å²) in [5.41, 5.74) is 0.942. The molecule has 1 aromatic heterocycles.